The fourth-order valence-electron chi connectivity index (χ4n) is 3.10. The minimum absolute atomic E-state index is 0.172. The van der Waals surface area contributed by atoms with Crippen molar-refractivity contribution in [3.63, 3.8) is 0 Å². The summed E-state index contributed by atoms with van der Waals surface area (Å²) in [6.45, 7) is 1.57. The fraction of sp³-hybridized carbons (Fsp3) is 0.208. The lowest BCUT2D eigenvalue weighted by Gasteiger charge is -2.15. The van der Waals surface area contributed by atoms with Gasteiger partial charge in [-0.15, -0.1) is 11.8 Å². The van der Waals surface area contributed by atoms with Crippen LogP contribution in [-0.4, -0.2) is 27.2 Å². The first-order valence-electron chi connectivity index (χ1n) is 10.3. The maximum absolute atomic E-state index is 12.9. The molecule has 0 saturated heterocycles. The Morgan fingerprint density at radius 3 is 2.29 bits per heavy atom. The molecule has 35 heavy (non-hydrogen) atoms. The summed E-state index contributed by atoms with van der Waals surface area (Å²) in [4.78, 5) is 13.2. The molecule has 186 valence electrons. The molecule has 0 heterocycles. The van der Waals surface area contributed by atoms with Crippen LogP contribution in [0.3, 0.4) is 0 Å². The van der Waals surface area contributed by atoms with E-state index in [9.17, 15) is 26.4 Å². The smallest absolute Gasteiger partial charge is 0.416 e. The molecular formula is C24H23F3N2O4S2. The van der Waals surface area contributed by atoms with E-state index in [-0.39, 0.29) is 34.9 Å². The van der Waals surface area contributed by atoms with Crippen LogP contribution < -0.4 is 14.8 Å². The molecule has 0 aromatic heterocycles. The first kappa shape index (κ1) is 26.4. The molecule has 3 aromatic carbocycles. The Morgan fingerprint density at radius 2 is 1.69 bits per heavy atom. The third-order valence-electron chi connectivity index (χ3n) is 4.94. The van der Waals surface area contributed by atoms with Crippen molar-refractivity contribution in [2.24, 2.45) is 0 Å². The highest BCUT2D eigenvalue weighted by Gasteiger charge is 2.30. The van der Waals surface area contributed by atoms with E-state index in [0.717, 1.165) is 22.6 Å². The highest BCUT2D eigenvalue weighted by atomic mass is 32.2. The van der Waals surface area contributed by atoms with Crippen LogP contribution in [0.25, 0.3) is 0 Å². The van der Waals surface area contributed by atoms with E-state index < -0.39 is 21.8 Å². The van der Waals surface area contributed by atoms with Crippen molar-refractivity contribution in [3.8, 4) is 5.75 Å². The minimum atomic E-state index is -4.59. The van der Waals surface area contributed by atoms with Gasteiger partial charge in [0.2, 0.25) is 0 Å². The number of benzene rings is 3. The molecule has 3 rings (SSSR count). The second kappa shape index (κ2) is 11.0. The lowest BCUT2D eigenvalue weighted by molar-refractivity contribution is -0.137. The number of anilines is 1. The molecule has 1 atom stereocenters. The van der Waals surface area contributed by atoms with Gasteiger partial charge in [-0.05, 0) is 73.3 Å². The number of carbonyl (C=O) groups excluding carboxylic acids is 1. The maximum atomic E-state index is 12.9. The van der Waals surface area contributed by atoms with Gasteiger partial charge in [0.05, 0.1) is 16.5 Å². The third-order valence-corrected chi connectivity index (χ3v) is 7.08. The predicted octanol–water partition coefficient (Wildman–Crippen LogP) is 5.48. The Morgan fingerprint density at radius 1 is 1.03 bits per heavy atom. The predicted molar refractivity (Wildman–Crippen MR) is 129 cm³/mol. The zero-order chi connectivity index (χ0) is 25.6. The summed E-state index contributed by atoms with van der Waals surface area (Å²) in [5.41, 5.74) is -0.237. The highest BCUT2D eigenvalue weighted by Crippen LogP contribution is 2.31. The number of amides is 1. The average Bonchev–Trinajstić information content (AvgIpc) is 2.82. The molecule has 0 aliphatic rings. The van der Waals surface area contributed by atoms with Crippen molar-refractivity contribution in [1.82, 2.24) is 5.32 Å². The van der Waals surface area contributed by atoms with Gasteiger partial charge in [-0.3, -0.25) is 9.52 Å². The van der Waals surface area contributed by atoms with Crippen LogP contribution in [0.1, 0.15) is 24.1 Å². The van der Waals surface area contributed by atoms with Crippen molar-refractivity contribution in [2.45, 2.75) is 28.9 Å². The van der Waals surface area contributed by atoms with Gasteiger partial charge >= 0.3 is 6.18 Å². The lowest BCUT2D eigenvalue weighted by atomic mass is 10.1. The van der Waals surface area contributed by atoms with Gasteiger partial charge in [0.1, 0.15) is 5.75 Å². The number of hydrogen-bond acceptors (Lipinski definition) is 5. The number of carbonyl (C=O) groups is 1. The molecule has 6 nitrogen and oxygen atoms in total. The Bertz CT molecular complexity index is 1260. The lowest BCUT2D eigenvalue weighted by Crippen LogP contribution is -2.31. The van der Waals surface area contributed by atoms with Crippen LogP contribution in [0, 0.1) is 0 Å². The van der Waals surface area contributed by atoms with Crippen LogP contribution >= 0.6 is 11.8 Å². The van der Waals surface area contributed by atoms with Gasteiger partial charge in [-0.1, -0.05) is 18.2 Å². The summed E-state index contributed by atoms with van der Waals surface area (Å²) < 4.78 is 71.2. The first-order chi connectivity index (χ1) is 16.5. The number of nitrogens with one attached hydrogen (secondary N) is 2. The number of thioether (sulfide) groups is 1. The van der Waals surface area contributed by atoms with E-state index in [1.165, 1.54) is 30.3 Å². The second-order valence-corrected chi connectivity index (χ2v) is 10.1. The number of alkyl halides is 3. The molecule has 0 unspecified atom stereocenters. The van der Waals surface area contributed by atoms with Gasteiger partial charge in [0.15, 0.2) is 6.61 Å². The van der Waals surface area contributed by atoms with Crippen LogP contribution in [0.4, 0.5) is 18.9 Å². The number of ether oxygens (including phenoxy) is 1. The number of halogens is 3. The molecule has 0 aliphatic carbocycles. The fourth-order valence-corrected chi connectivity index (χ4v) is 4.55. The van der Waals surface area contributed by atoms with E-state index in [2.05, 4.69) is 10.0 Å². The summed E-state index contributed by atoms with van der Waals surface area (Å²) in [5.74, 6) is -0.0931. The molecule has 0 saturated carbocycles. The molecule has 0 fully saturated rings. The topological polar surface area (TPSA) is 84.5 Å². The largest absolute Gasteiger partial charge is 0.484 e. The van der Waals surface area contributed by atoms with E-state index in [4.69, 9.17) is 4.74 Å². The van der Waals surface area contributed by atoms with Gasteiger partial charge in [0.25, 0.3) is 15.9 Å². The normalized spacial score (nSPS) is 12.6. The van der Waals surface area contributed by atoms with E-state index in [1.807, 2.05) is 37.4 Å². The second-order valence-electron chi connectivity index (χ2n) is 7.51. The molecule has 11 heteroatoms. The molecule has 1 amide bonds. The van der Waals surface area contributed by atoms with E-state index in [0.29, 0.717) is 6.07 Å². The summed E-state index contributed by atoms with van der Waals surface area (Å²) in [7, 11) is -4.13. The Balaban J connectivity index is 1.56. The van der Waals surface area contributed by atoms with Crippen molar-refractivity contribution < 1.29 is 31.1 Å². The first-order valence-corrected chi connectivity index (χ1v) is 13.0. The minimum Gasteiger partial charge on any atom is -0.484 e. The van der Waals surface area contributed by atoms with Gasteiger partial charge < -0.3 is 10.1 Å². The molecule has 0 bridgehead atoms. The van der Waals surface area contributed by atoms with E-state index in [1.54, 1.807) is 11.8 Å². The van der Waals surface area contributed by atoms with Crippen LogP contribution in [0.15, 0.2) is 82.6 Å². The molecule has 3 aromatic rings. The average molecular weight is 525 g/mol. The van der Waals surface area contributed by atoms with Crippen molar-refractivity contribution >= 4 is 33.4 Å². The van der Waals surface area contributed by atoms with Gasteiger partial charge in [-0.25, -0.2) is 8.42 Å². The van der Waals surface area contributed by atoms with Gasteiger partial charge in [-0.2, -0.15) is 13.2 Å². The van der Waals surface area contributed by atoms with Gasteiger partial charge in [0, 0.05) is 10.6 Å². The Kier molecular flexibility index (Phi) is 8.34. The van der Waals surface area contributed by atoms with Crippen molar-refractivity contribution in [3.05, 3.63) is 83.9 Å². The number of sulfonamides is 1. The quantitative estimate of drug-likeness (QED) is 0.362. The summed E-state index contributed by atoms with van der Waals surface area (Å²) in [5, 5.41) is 2.83. The zero-order valence-electron chi connectivity index (χ0n) is 18.8. The van der Waals surface area contributed by atoms with Crippen LogP contribution in [0.5, 0.6) is 5.75 Å². The Labute approximate surface area is 205 Å². The monoisotopic (exact) mass is 524 g/mol. The maximum Gasteiger partial charge on any atom is 0.416 e. The standard InChI is InChI=1S/C24H23F3N2O4S2/c1-16(17-6-10-21(34-2)11-7-17)28-23(30)15-33-20-8-12-22(13-9-20)35(31,32)29-19-5-3-4-18(14-19)24(25,26)27/h3-14,16,29H,15H2,1-2H3,(H,28,30)/t16-/m0/s1. The highest BCUT2D eigenvalue weighted by molar-refractivity contribution is 7.98. The van der Waals surface area contributed by atoms with Crippen molar-refractivity contribution in [1.29, 1.82) is 0 Å². The third kappa shape index (κ3) is 7.40. The molecule has 2 N–H and O–H groups in total. The number of rotatable bonds is 9. The Hall–Kier alpha value is -3.18. The summed E-state index contributed by atoms with van der Waals surface area (Å²) >= 11 is 1.62. The summed E-state index contributed by atoms with van der Waals surface area (Å²) in [6, 6.07) is 16.7. The van der Waals surface area contributed by atoms with Crippen molar-refractivity contribution in [2.75, 3.05) is 17.6 Å². The molecule has 0 aliphatic heterocycles. The molecular weight excluding hydrogens is 501 g/mol. The summed E-state index contributed by atoms with van der Waals surface area (Å²) in [6.07, 6.45) is -2.62. The van der Waals surface area contributed by atoms with Crippen LogP contribution in [-0.2, 0) is 21.0 Å². The molecule has 0 spiro atoms. The van der Waals surface area contributed by atoms with Crippen LogP contribution in [0.2, 0.25) is 0 Å². The zero-order valence-corrected chi connectivity index (χ0v) is 20.4. The SMILES string of the molecule is CSc1ccc([C@H](C)NC(=O)COc2ccc(S(=O)(=O)Nc3cccc(C(F)(F)F)c3)cc2)cc1. The number of hydrogen-bond donors (Lipinski definition) is 2. The molecule has 0 radical (unpaired) electrons. The van der Waals surface area contributed by atoms with E-state index >= 15 is 0 Å².